The predicted octanol–water partition coefficient (Wildman–Crippen LogP) is 3.34. The molecule has 0 radical (unpaired) electrons. The molecule has 3 aromatic rings. The Morgan fingerprint density at radius 3 is 2.81 bits per heavy atom. The highest BCUT2D eigenvalue weighted by molar-refractivity contribution is 5.95. The largest absolute Gasteiger partial charge is 0.335 e. The minimum Gasteiger partial charge on any atom is -0.335 e. The zero-order valence-corrected chi connectivity index (χ0v) is 14.0. The van der Waals surface area contributed by atoms with Crippen molar-refractivity contribution in [3.05, 3.63) is 84.2 Å². The third-order valence-electron chi connectivity index (χ3n) is 4.43. The summed E-state index contributed by atoms with van der Waals surface area (Å²) in [4.78, 5) is 18.5. The van der Waals surface area contributed by atoms with Crippen LogP contribution in [0.15, 0.2) is 67.3 Å². The number of carbonyl (C=O) groups is 1. The van der Waals surface area contributed by atoms with Crippen LogP contribution in [0, 0.1) is 5.82 Å². The van der Waals surface area contributed by atoms with Crippen LogP contribution in [-0.2, 0) is 0 Å². The van der Waals surface area contributed by atoms with Crippen molar-refractivity contribution in [1.82, 2.24) is 19.7 Å². The Kier molecular flexibility index (Phi) is 4.31. The van der Waals surface area contributed by atoms with Crippen molar-refractivity contribution in [2.75, 3.05) is 13.1 Å². The van der Waals surface area contributed by atoms with Crippen molar-refractivity contribution in [2.24, 2.45) is 0 Å². The molecule has 3 heterocycles. The molecule has 4 rings (SSSR count). The van der Waals surface area contributed by atoms with Gasteiger partial charge in [-0.2, -0.15) is 5.10 Å². The van der Waals surface area contributed by atoms with Gasteiger partial charge in [-0.05, 0) is 47.9 Å². The molecule has 0 saturated carbocycles. The fraction of sp³-hybridized carbons (Fsp3) is 0.150. The highest BCUT2D eigenvalue weighted by Gasteiger charge is 2.20. The minimum atomic E-state index is -0.350. The van der Waals surface area contributed by atoms with Gasteiger partial charge in [0, 0.05) is 37.2 Å². The van der Waals surface area contributed by atoms with E-state index in [1.54, 1.807) is 22.0 Å². The van der Waals surface area contributed by atoms with Crippen LogP contribution in [0.1, 0.15) is 22.3 Å². The number of amides is 1. The lowest BCUT2D eigenvalue weighted by atomic mass is 10.0. The number of benzene rings is 1. The van der Waals surface area contributed by atoms with E-state index in [0.29, 0.717) is 25.1 Å². The second kappa shape index (κ2) is 6.92. The Balaban J connectivity index is 1.51. The second-order valence-electron chi connectivity index (χ2n) is 6.12. The molecule has 26 heavy (non-hydrogen) atoms. The van der Waals surface area contributed by atoms with E-state index < -0.39 is 0 Å². The van der Waals surface area contributed by atoms with E-state index in [9.17, 15) is 9.18 Å². The number of hydrogen-bond acceptors (Lipinski definition) is 3. The zero-order valence-electron chi connectivity index (χ0n) is 14.0. The van der Waals surface area contributed by atoms with Crippen LogP contribution in [0.4, 0.5) is 4.39 Å². The minimum absolute atomic E-state index is 0.0216. The molecule has 2 aromatic heterocycles. The summed E-state index contributed by atoms with van der Waals surface area (Å²) in [7, 11) is 0. The summed E-state index contributed by atoms with van der Waals surface area (Å²) in [6.07, 6.45) is 9.03. The van der Waals surface area contributed by atoms with E-state index in [1.807, 2.05) is 42.6 Å². The average molecular weight is 348 g/mol. The quantitative estimate of drug-likeness (QED) is 0.729. The Labute approximate surface area is 150 Å². The monoisotopic (exact) mass is 348 g/mol. The van der Waals surface area contributed by atoms with E-state index in [1.165, 1.54) is 12.3 Å². The molecule has 1 aliphatic rings. The molecule has 0 aliphatic carbocycles. The predicted molar refractivity (Wildman–Crippen MR) is 96.3 cm³/mol. The highest BCUT2D eigenvalue weighted by atomic mass is 19.1. The van der Waals surface area contributed by atoms with E-state index in [0.717, 1.165) is 16.8 Å². The van der Waals surface area contributed by atoms with E-state index >= 15 is 0 Å². The molecule has 0 N–H and O–H groups in total. The van der Waals surface area contributed by atoms with Crippen LogP contribution in [0.5, 0.6) is 0 Å². The third kappa shape index (κ3) is 3.26. The standard InChI is InChI=1S/C20H17FN4O/c21-18-11-17(13-22-14-18)15-5-9-24(10-6-15)20(26)16-3-1-4-19(12-16)25-8-2-7-23-25/h1-5,7-8,11-14H,6,9-10H2. The van der Waals surface area contributed by atoms with Gasteiger partial charge in [0.2, 0.25) is 0 Å². The highest BCUT2D eigenvalue weighted by Crippen LogP contribution is 2.23. The first-order valence-corrected chi connectivity index (χ1v) is 8.40. The maximum atomic E-state index is 13.3. The van der Waals surface area contributed by atoms with Crippen molar-refractivity contribution >= 4 is 11.5 Å². The lowest BCUT2D eigenvalue weighted by molar-refractivity contribution is 0.0773. The van der Waals surface area contributed by atoms with Gasteiger partial charge >= 0.3 is 0 Å². The lowest BCUT2D eigenvalue weighted by Gasteiger charge is -2.27. The Bertz CT molecular complexity index is 965. The van der Waals surface area contributed by atoms with E-state index in [4.69, 9.17) is 0 Å². The topological polar surface area (TPSA) is 51.0 Å². The number of halogens is 1. The summed E-state index contributed by atoms with van der Waals surface area (Å²) in [6, 6.07) is 10.7. The summed E-state index contributed by atoms with van der Waals surface area (Å²) in [5, 5.41) is 4.20. The van der Waals surface area contributed by atoms with Crippen LogP contribution >= 0.6 is 0 Å². The molecular formula is C20H17FN4O. The number of rotatable bonds is 3. The van der Waals surface area contributed by atoms with Gasteiger partial charge in [-0.1, -0.05) is 12.1 Å². The van der Waals surface area contributed by atoms with Gasteiger partial charge in [0.1, 0.15) is 5.82 Å². The van der Waals surface area contributed by atoms with Crippen LogP contribution in [0.3, 0.4) is 0 Å². The normalized spacial score (nSPS) is 14.2. The van der Waals surface area contributed by atoms with Gasteiger partial charge in [0.05, 0.1) is 11.9 Å². The lowest BCUT2D eigenvalue weighted by Crippen LogP contribution is -2.34. The molecule has 1 aliphatic heterocycles. The zero-order chi connectivity index (χ0) is 17.9. The summed E-state index contributed by atoms with van der Waals surface area (Å²) in [5.74, 6) is -0.371. The van der Waals surface area contributed by atoms with Gasteiger partial charge in [-0.25, -0.2) is 9.07 Å². The fourth-order valence-electron chi connectivity index (χ4n) is 3.09. The fourth-order valence-corrected chi connectivity index (χ4v) is 3.09. The molecule has 5 nitrogen and oxygen atoms in total. The third-order valence-corrected chi connectivity index (χ3v) is 4.43. The van der Waals surface area contributed by atoms with Crippen molar-refractivity contribution in [3.8, 4) is 5.69 Å². The molecule has 6 heteroatoms. The van der Waals surface area contributed by atoms with Crippen LogP contribution in [-0.4, -0.2) is 38.7 Å². The maximum Gasteiger partial charge on any atom is 0.254 e. The molecule has 0 fully saturated rings. The summed E-state index contributed by atoms with van der Waals surface area (Å²) < 4.78 is 15.1. The first kappa shape index (κ1) is 16.2. The smallest absolute Gasteiger partial charge is 0.254 e. The molecule has 0 atom stereocenters. The first-order valence-electron chi connectivity index (χ1n) is 8.40. The van der Waals surface area contributed by atoms with Crippen molar-refractivity contribution in [1.29, 1.82) is 0 Å². The van der Waals surface area contributed by atoms with E-state index in [2.05, 4.69) is 10.1 Å². The molecule has 0 saturated heterocycles. The number of carbonyl (C=O) groups excluding carboxylic acids is 1. The first-order chi connectivity index (χ1) is 12.7. The van der Waals surface area contributed by atoms with Crippen LogP contribution < -0.4 is 0 Å². The molecule has 0 spiro atoms. The average Bonchev–Trinajstić information content (AvgIpc) is 3.23. The van der Waals surface area contributed by atoms with Gasteiger partial charge in [0.25, 0.3) is 5.91 Å². The summed E-state index contributed by atoms with van der Waals surface area (Å²) in [6.45, 7) is 1.09. The van der Waals surface area contributed by atoms with Crippen molar-refractivity contribution < 1.29 is 9.18 Å². The number of pyridine rings is 1. The molecule has 1 aromatic carbocycles. The summed E-state index contributed by atoms with van der Waals surface area (Å²) >= 11 is 0. The molecular weight excluding hydrogens is 331 g/mol. The molecule has 0 unspecified atom stereocenters. The molecule has 130 valence electrons. The molecule has 1 amide bonds. The van der Waals surface area contributed by atoms with Gasteiger partial charge in [0.15, 0.2) is 0 Å². The Hall–Kier alpha value is -3.28. The SMILES string of the molecule is O=C(c1cccc(-n2cccn2)c1)N1CC=C(c2cncc(F)c2)CC1. The maximum absolute atomic E-state index is 13.3. The number of nitrogens with zero attached hydrogens (tertiary/aromatic N) is 4. The van der Waals surface area contributed by atoms with Crippen LogP contribution in [0.25, 0.3) is 11.3 Å². The molecule has 0 bridgehead atoms. The number of hydrogen-bond donors (Lipinski definition) is 0. The van der Waals surface area contributed by atoms with Crippen LogP contribution in [0.2, 0.25) is 0 Å². The van der Waals surface area contributed by atoms with Crippen molar-refractivity contribution in [2.45, 2.75) is 6.42 Å². The van der Waals surface area contributed by atoms with Gasteiger partial charge < -0.3 is 4.90 Å². The van der Waals surface area contributed by atoms with Crippen molar-refractivity contribution in [3.63, 3.8) is 0 Å². The van der Waals surface area contributed by atoms with Gasteiger partial charge in [-0.3, -0.25) is 9.78 Å². The second-order valence-corrected chi connectivity index (χ2v) is 6.12. The number of aromatic nitrogens is 3. The summed E-state index contributed by atoms with van der Waals surface area (Å²) in [5.41, 5.74) is 3.27. The van der Waals surface area contributed by atoms with Gasteiger partial charge in [-0.15, -0.1) is 0 Å². The Morgan fingerprint density at radius 1 is 1.15 bits per heavy atom. The Morgan fingerprint density at radius 2 is 2.08 bits per heavy atom. The van der Waals surface area contributed by atoms with E-state index in [-0.39, 0.29) is 11.7 Å².